The normalized spacial score (nSPS) is 15.7. The quantitative estimate of drug-likeness (QED) is 0.505. The highest BCUT2D eigenvalue weighted by molar-refractivity contribution is 6.30. The van der Waals surface area contributed by atoms with Gasteiger partial charge in [-0.2, -0.15) is 5.10 Å². The van der Waals surface area contributed by atoms with Crippen molar-refractivity contribution in [3.05, 3.63) is 76.5 Å². The Hall–Kier alpha value is -3.32. The van der Waals surface area contributed by atoms with Gasteiger partial charge in [0.15, 0.2) is 5.65 Å². The molecule has 1 atom stereocenters. The molecule has 1 amide bonds. The molecule has 0 radical (unpaired) electrons. The first-order chi connectivity index (χ1) is 14.6. The lowest BCUT2D eigenvalue weighted by Crippen LogP contribution is -2.31. The molecule has 0 aliphatic heterocycles. The summed E-state index contributed by atoms with van der Waals surface area (Å²) in [5, 5.41) is 10.8. The van der Waals surface area contributed by atoms with E-state index in [0.29, 0.717) is 5.65 Å². The van der Waals surface area contributed by atoms with Gasteiger partial charge in [0.2, 0.25) is 0 Å². The molecular formula is C22H17ClFN5O. The molecule has 6 nitrogen and oxygen atoms in total. The molecule has 0 saturated heterocycles. The Morgan fingerprint density at radius 2 is 2.10 bits per heavy atom. The van der Waals surface area contributed by atoms with E-state index >= 15 is 0 Å². The smallest absolute Gasteiger partial charge is 0.251 e. The van der Waals surface area contributed by atoms with Crippen molar-refractivity contribution in [2.45, 2.75) is 25.3 Å². The largest absolute Gasteiger partial charge is 0.345 e. The zero-order chi connectivity index (χ0) is 20.7. The number of fused-ring (bicyclic) bond motifs is 2. The predicted molar refractivity (Wildman–Crippen MR) is 112 cm³/mol. The molecule has 0 spiro atoms. The highest BCUT2D eigenvalue weighted by atomic mass is 35.5. The average molecular weight is 422 g/mol. The first kappa shape index (κ1) is 18.7. The summed E-state index contributed by atoms with van der Waals surface area (Å²) in [6.07, 6.45) is 5.93. The molecule has 2 N–H and O–H groups in total. The van der Waals surface area contributed by atoms with Gasteiger partial charge in [-0.1, -0.05) is 23.7 Å². The Morgan fingerprint density at radius 3 is 2.97 bits per heavy atom. The van der Waals surface area contributed by atoms with Gasteiger partial charge in [-0.3, -0.25) is 9.89 Å². The maximum Gasteiger partial charge on any atom is 0.251 e. The summed E-state index contributed by atoms with van der Waals surface area (Å²) in [5.74, 6) is -0.920. The number of hydrogen-bond donors (Lipinski definition) is 2. The number of hydrogen-bond acceptors (Lipinski definition) is 4. The van der Waals surface area contributed by atoms with E-state index in [9.17, 15) is 9.18 Å². The Labute approximate surface area is 176 Å². The van der Waals surface area contributed by atoms with E-state index in [1.165, 1.54) is 24.0 Å². The predicted octanol–water partition coefficient (Wildman–Crippen LogP) is 4.62. The Balaban J connectivity index is 1.44. The van der Waals surface area contributed by atoms with Crippen LogP contribution in [-0.4, -0.2) is 26.1 Å². The minimum Gasteiger partial charge on any atom is -0.345 e. The molecular weight excluding hydrogens is 405 g/mol. The number of nitrogens with one attached hydrogen (secondary N) is 2. The summed E-state index contributed by atoms with van der Waals surface area (Å²) >= 11 is 5.72. The molecule has 0 bridgehead atoms. The molecule has 2 aromatic heterocycles. The van der Waals surface area contributed by atoms with Gasteiger partial charge in [0.25, 0.3) is 5.91 Å². The summed E-state index contributed by atoms with van der Waals surface area (Å²) in [6.45, 7) is 0. The topological polar surface area (TPSA) is 83.6 Å². The van der Waals surface area contributed by atoms with Crippen LogP contribution in [0.15, 0.2) is 48.9 Å². The van der Waals surface area contributed by atoms with Crippen LogP contribution in [-0.2, 0) is 6.42 Å². The number of amides is 1. The molecule has 1 aliphatic carbocycles. The average Bonchev–Trinajstić information content (AvgIpc) is 3.24. The second kappa shape index (κ2) is 7.50. The van der Waals surface area contributed by atoms with Crippen LogP contribution in [0.2, 0.25) is 5.02 Å². The second-order valence-electron chi connectivity index (χ2n) is 7.32. The Kier molecular flexibility index (Phi) is 4.67. The molecule has 1 unspecified atom stereocenters. The number of carbonyl (C=O) groups is 1. The van der Waals surface area contributed by atoms with Crippen molar-refractivity contribution in [1.82, 2.24) is 25.5 Å². The summed E-state index contributed by atoms with van der Waals surface area (Å²) < 4.78 is 13.7. The summed E-state index contributed by atoms with van der Waals surface area (Å²) in [4.78, 5) is 21.3. The van der Waals surface area contributed by atoms with Crippen LogP contribution in [0.4, 0.5) is 4.39 Å². The molecule has 8 heteroatoms. The molecule has 4 aromatic rings. The van der Waals surface area contributed by atoms with Gasteiger partial charge in [-0.05, 0) is 54.7 Å². The fourth-order valence-corrected chi connectivity index (χ4v) is 4.10. The van der Waals surface area contributed by atoms with E-state index in [0.717, 1.165) is 47.5 Å². The van der Waals surface area contributed by atoms with Crippen molar-refractivity contribution in [3.8, 4) is 11.3 Å². The number of nitrogens with zero attached hydrogens (tertiary/aromatic N) is 3. The summed E-state index contributed by atoms with van der Waals surface area (Å²) in [6, 6.07) is 10.1. The van der Waals surface area contributed by atoms with E-state index in [2.05, 4.69) is 31.5 Å². The van der Waals surface area contributed by atoms with Crippen molar-refractivity contribution < 1.29 is 9.18 Å². The van der Waals surface area contributed by atoms with E-state index in [1.807, 2.05) is 12.1 Å². The number of rotatable bonds is 3. The lowest BCUT2D eigenvalue weighted by molar-refractivity contribution is 0.0932. The highest BCUT2D eigenvalue weighted by Gasteiger charge is 2.23. The molecule has 2 aromatic carbocycles. The first-order valence-electron chi connectivity index (χ1n) is 9.63. The molecule has 2 heterocycles. The molecule has 150 valence electrons. The van der Waals surface area contributed by atoms with Gasteiger partial charge in [-0.25, -0.2) is 14.4 Å². The van der Waals surface area contributed by atoms with Crippen LogP contribution < -0.4 is 5.32 Å². The maximum absolute atomic E-state index is 13.7. The lowest BCUT2D eigenvalue weighted by Gasteiger charge is -2.27. The minimum atomic E-state index is -0.603. The van der Waals surface area contributed by atoms with Crippen LogP contribution in [0.1, 0.15) is 40.4 Å². The van der Waals surface area contributed by atoms with Gasteiger partial charge in [0.05, 0.1) is 28.3 Å². The second-order valence-corrected chi connectivity index (χ2v) is 7.72. The van der Waals surface area contributed by atoms with Gasteiger partial charge in [-0.15, -0.1) is 0 Å². The lowest BCUT2D eigenvalue weighted by atomic mass is 9.86. The summed E-state index contributed by atoms with van der Waals surface area (Å²) in [7, 11) is 0. The molecule has 0 saturated carbocycles. The number of carbonyl (C=O) groups excluding carboxylic acids is 1. The van der Waals surface area contributed by atoms with Crippen molar-refractivity contribution in [2.75, 3.05) is 0 Å². The van der Waals surface area contributed by atoms with Gasteiger partial charge >= 0.3 is 0 Å². The third-order valence-corrected chi connectivity index (χ3v) is 5.77. The number of benzene rings is 2. The van der Waals surface area contributed by atoms with Crippen LogP contribution in [0.3, 0.4) is 0 Å². The third kappa shape index (κ3) is 3.31. The maximum atomic E-state index is 13.7. The molecule has 1 aliphatic rings. The van der Waals surface area contributed by atoms with Crippen molar-refractivity contribution >= 4 is 28.5 Å². The fraction of sp³-hybridized carbons (Fsp3) is 0.182. The molecule has 0 fully saturated rings. The van der Waals surface area contributed by atoms with E-state index in [-0.39, 0.29) is 22.5 Å². The Morgan fingerprint density at radius 1 is 1.20 bits per heavy atom. The van der Waals surface area contributed by atoms with E-state index < -0.39 is 5.82 Å². The van der Waals surface area contributed by atoms with E-state index in [1.54, 1.807) is 6.20 Å². The van der Waals surface area contributed by atoms with Gasteiger partial charge in [0, 0.05) is 11.1 Å². The fourth-order valence-electron chi connectivity index (χ4n) is 3.99. The third-order valence-electron chi connectivity index (χ3n) is 5.47. The number of aromatic nitrogens is 4. The number of aryl methyl sites for hydroxylation is 1. The number of aromatic amines is 1. The number of H-pyrrole nitrogens is 1. The van der Waals surface area contributed by atoms with Crippen molar-refractivity contribution in [3.63, 3.8) is 0 Å². The highest BCUT2D eigenvalue weighted by Crippen LogP contribution is 2.34. The van der Waals surface area contributed by atoms with E-state index in [4.69, 9.17) is 11.6 Å². The summed E-state index contributed by atoms with van der Waals surface area (Å²) in [5.41, 5.74) is 4.99. The van der Waals surface area contributed by atoms with Crippen LogP contribution in [0.5, 0.6) is 0 Å². The molecule has 30 heavy (non-hydrogen) atoms. The Bertz CT molecular complexity index is 1270. The van der Waals surface area contributed by atoms with Crippen LogP contribution in [0, 0.1) is 5.82 Å². The molecule has 5 rings (SSSR count). The first-order valence-corrected chi connectivity index (χ1v) is 10.0. The van der Waals surface area contributed by atoms with Crippen molar-refractivity contribution in [1.29, 1.82) is 0 Å². The van der Waals surface area contributed by atoms with Gasteiger partial charge in [0.1, 0.15) is 12.1 Å². The van der Waals surface area contributed by atoms with Crippen molar-refractivity contribution in [2.24, 2.45) is 0 Å². The zero-order valence-electron chi connectivity index (χ0n) is 15.8. The number of halogens is 2. The SMILES string of the molecule is O=C(NC1CCCc2cc(-c3ncnc4[nH]ncc34)ccc21)c1ccc(Cl)c(F)c1. The van der Waals surface area contributed by atoms with Crippen LogP contribution >= 0.6 is 11.6 Å². The monoisotopic (exact) mass is 421 g/mol. The standard InChI is InChI=1S/C22H17ClFN5O/c23-17-7-5-14(9-18(17)24)22(30)28-19-3-1-2-12-8-13(4-6-15(12)19)20-16-10-27-29-21(16)26-11-25-20/h4-11,19H,1-3H2,(H,28,30)(H,25,26,27,29). The van der Waals surface area contributed by atoms with Gasteiger partial charge < -0.3 is 5.32 Å². The minimum absolute atomic E-state index is 0.00135. The van der Waals surface area contributed by atoms with Crippen LogP contribution in [0.25, 0.3) is 22.3 Å². The zero-order valence-corrected chi connectivity index (χ0v) is 16.6.